The van der Waals surface area contributed by atoms with Crippen LogP contribution in [0.15, 0.2) is 47.1 Å². The van der Waals surface area contributed by atoms with Gasteiger partial charge in [-0.3, -0.25) is 9.59 Å². The molecule has 1 aliphatic rings. The van der Waals surface area contributed by atoms with Crippen molar-refractivity contribution < 1.29 is 19.1 Å². The summed E-state index contributed by atoms with van der Waals surface area (Å²) in [5, 5.41) is 12.3. The monoisotopic (exact) mass is 342 g/mol. The maximum atomic E-state index is 12.6. The number of hydrogen-bond acceptors (Lipinski definition) is 4. The minimum absolute atomic E-state index is 0.0444. The van der Waals surface area contributed by atoms with E-state index in [9.17, 15) is 14.7 Å². The third-order valence-electron chi connectivity index (χ3n) is 4.60. The highest BCUT2D eigenvalue weighted by atomic mass is 16.3. The Balaban J connectivity index is 1.77. The molecular weight excluding hydrogens is 320 g/mol. The van der Waals surface area contributed by atoms with Crippen molar-refractivity contribution in [3.8, 4) is 0 Å². The third-order valence-corrected chi connectivity index (χ3v) is 4.60. The lowest BCUT2D eigenvalue weighted by molar-refractivity contribution is -0.133. The summed E-state index contributed by atoms with van der Waals surface area (Å²) in [7, 11) is 0. The molecule has 2 heterocycles. The first-order valence-electron chi connectivity index (χ1n) is 8.38. The van der Waals surface area contributed by atoms with Gasteiger partial charge in [0.1, 0.15) is 11.8 Å². The van der Waals surface area contributed by atoms with Gasteiger partial charge in [-0.25, -0.2) is 0 Å². The first-order valence-corrected chi connectivity index (χ1v) is 8.38. The lowest BCUT2D eigenvalue weighted by atomic mass is 9.90. The minimum Gasteiger partial charge on any atom is -0.467 e. The molecule has 25 heavy (non-hydrogen) atoms. The number of amides is 2. The standard InChI is InChI=1S/C19H22N2O4/c1-13(23)21-9-8-14-5-2-3-6-15(14)17(21)11-19(24)20-16(12-22)18-7-4-10-25-18/h2-7,10,16-17,22H,8-9,11-12H2,1H3,(H,20,24). The maximum Gasteiger partial charge on any atom is 0.223 e. The van der Waals surface area contributed by atoms with Gasteiger partial charge in [-0.05, 0) is 29.7 Å². The Morgan fingerprint density at radius 3 is 2.80 bits per heavy atom. The second kappa shape index (κ2) is 7.53. The normalized spacial score (nSPS) is 17.7. The zero-order valence-electron chi connectivity index (χ0n) is 14.1. The number of aliphatic hydroxyl groups excluding tert-OH is 1. The molecule has 3 rings (SSSR count). The quantitative estimate of drug-likeness (QED) is 0.870. The maximum absolute atomic E-state index is 12.6. The SMILES string of the molecule is CC(=O)N1CCc2ccccc2C1CC(=O)NC(CO)c1ccco1. The van der Waals surface area contributed by atoms with Gasteiger partial charge in [0.25, 0.3) is 0 Å². The van der Waals surface area contributed by atoms with E-state index >= 15 is 0 Å². The van der Waals surface area contributed by atoms with Crippen molar-refractivity contribution in [1.82, 2.24) is 10.2 Å². The Morgan fingerprint density at radius 1 is 1.32 bits per heavy atom. The van der Waals surface area contributed by atoms with Gasteiger partial charge in [-0.15, -0.1) is 0 Å². The van der Waals surface area contributed by atoms with Crippen LogP contribution < -0.4 is 5.32 Å². The highest BCUT2D eigenvalue weighted by Gasteiger charge is 2.31. The number of aliphatic hydroxyl groups is 1. The largest absolute Gasteiger partial charge is 0.467 e. The Bertz CT molecular complexity index is 742. The number of benzene rings is 1. The summed E-state index contributed by atoms with van der Waals surface area (Å²) in [6, 6.07) is 10.4. The summed E-state index contributed by atoms with van der Waals surface area (Å²) in [6.07, 6.45) is 2.44. The first kappa shape index (κ1) is 17.2. The van der Waals surface area contributed by atoms with E-state index in [0.29, 0.717) is 12.3 Å². The van der Waals surface area contributed by atoms with Gasteiger partial charge in [0, 0.05) is 13.5 Å². The van der Waals surface area contributed by atoms with Crippen molar-refractivity contribution in [2.75, 3.05) is 13.2 Å². The summed E-state index contributed by atoms with van der Waals surface area (Å²) in [6.45, 7) is 1.88. The van der Waals surface area contributed by atoms with Crippen molar-refractivity contribution >= 4 is 11.8 Å². The van der Waals surface area contributed by atoms with Gasteiger partial charge in [0.2, 0.25) is 11.8 Å². The molecule has 6 heteroatoms. The van der Waals surface area contributed by atoms with Crippen LogP contribution in [0.25, 0.3) is 0 Å². The molecule has 0 saturated heterocycles. The summed E-state index contributed by atoms with van der Waals surface area (Å²) in [5.41, 5.74) is 2.18. The molecule has 0 spiro atoms. The van der Waals surface area contributed by atoms with E-state index in [1.165, 1.54) is 18.8 Å². The predicted octanol–water partition coefficient (Wildman–Crippen LogP) is 1.97. The molecule has 2 amide bonds. The van der Waals surface area contributed by atoms with Gasteiger partial charge in [-0.2, -0.15) is 0 Å². The number of carbonyl (C=O) groups excluding carboxylic acids is 2. The average molecular weight is 342 g/mol. The summed E-state index contributed by atoms with van der Waals surface area (Å²) < 4.78 is 5.25. The fourth-order valence-corrected chi connectivity index (χ4v) is 3.37. The molecule has 0 fully saturated rings. The molecule has 0 bridgehead atoms. The topological polar surface area (TPSA) is 82.8 Å². The highest BCUT2D eigenvalue weighted by molar-refractivity contribution is 5.80. The van der Waals surface area contributed by atoms with Gasteiger partial charge in [0.05, 0.1) is 25.3 Å². The molecule has 132 valence electrons. The number of fused-ring (bicyclic) bond motifs is 1. The molecule has 1 aliphatic heterocycles. The molecule has 2 N–H and O–H groups in total. The number of hydrogen-bond donors (Lipinski definition) is 2. The number of rotatable bonds is 5. The molecule has 1 aromatic carbocycles. The molecule has 6 nitrogen and oxygen atoms in total. The van der Waals surface area contributed by atoms with Crippen molar-refractivity contribution in [2.45, 2.75) is 31.8 Å². The van der Waals surface area contributed by atoms with Crippen LogP contribution in [0.2, 0.25) is 0 Å². The molecule has 2 atom stereocenters. The van der Waals surface area contributed by atoms with Crippen molar-refractivity contribution in [1.29, 1.82) is 0 Å². The molecule has 0 aliphatic carbocycles. The summed E-state index contributed by atoms with van der Waals surface area (Å²) in [5.74, 6) is 0.226. The molecule has 2 unspecified atom stereocenters. The van der Waals surface area contributed by atoms with Gasteiger partial charge >= 0.3 is 0 Å². The highest BCUT2D eigenvalue weighted by Crippen LogP contribution is 2.32. The Labute approximate surface area is 146 Å². The van der Waals surface area contributed by atoms with E-state index in [4.69, 9.17) is 4.42 Å². The second-order valence-electron chi connectivity index (χ2n) is 6.20. The lowest BCUT2D eigenvalue weighted by Gasteiger charge is -2.36. The number of nitrogens with one attached hydrogen (secondary N) is 1. The van der Waals surface area contributed by atoms with Crippen LogP contribution in [0.3, 0.4) is 0 Å². The van der Waals surface area contributed by atoms with Crippen LogP contribution in [-0.2, 0) is 16.0 Å². The predicted molar refractivity (Wildman–Crippen MR) is 91.6 cm³/mol. The van der Waals surface area contributed by atoms with Crippen LogP contribution in [0.4, 0.5) is 0 Å². The lowest BCUT2D eigenvalue weighted by Crippen LogP contribution is -2.41. The van der Waals surface area contributed by atoms with Gasteiger partial charge in [-0.1, -0.05) is 24.3 Å². The van der Waals surface area contributed by atoms with Crippen LogP contribution >= 0.6 is 0 Å². The Morgan fingerprint density at radius 2 is 2.12 bits per heavy atom. The van der Waals surface area contributed by atoms with Crippen LogP contribution in [0.5, 0.6) is 0 Å². The van der Waals surface area contributed by atoms with Crippen LogP contribution in [0.1, 0.15) is 42.3 Å². The molecule has 0 radical (unpaired) electrons. The van der Waals surface area contributed by atoms with E-state index < -0.39 is 6.04 Å². The average Bonchev–Trinajstić information content (AvgIpc) is 3.14. The van der Waals surface area contributed by atoms with Crippen molar-refractivity contribution in [3.05, 3.63) is 59.5 Å². The Hall–Kier alpha value is -2.60. The smallest absolute Gasteiger partial charge is 0.223 e. The molecule has 2 aromatic rings. The molecule has 1 aromatic heterocycles. The number of nitrogens with zero attached hydrogens (tertiary/aromatic N) is 1. The van der Waals surface area contributed by atoms with Crippen molar-refractivity contribution in [2.24, 2.45) is 0 Å². The van der Waals surface area contributed by atoms with E-state index in [-0.39, 0.29) is 30.9 Å². The second-order valence-corrected chi connectivity index (χ2v) is 6.20. The van der Waals surface area contributed by atoms with Gasteiger partial charge < -0.3 is 19.7 Å². The van der Waals surface area contributed by atoms with E-state index in [2.05, 4.69) is 5.32 Å². The van der Waals surface area contributed by atoms with Gasteiger partial charge in [0.15, 0.2) is 0 Å². The fourth-order valence-electron chi connectivity index (χ4n) is 3.37. The van der Waals surface area contributed by atoms with E-state index in [1.807, 2.05) is 24.3 Å². The summed E-state index contributed by atoms with van der Waals surface area (Å²) >= 11 is 0. The number of furan rings is 1. The third kappa shape index (κ3) is 3.74. The van der Waals surface area contributed by atoms with Crippen molar-refractivity contribution in [3.63, 3.8) is 0 Å². The number of carbonyl (C=O) groups is 2. The minimum atomic E-state index is -0.591. The van der Waals surface area contributed by atoms with E-state index in [0.717, 1.165) is 12.0 Å². The molecule has 0 saturated carbocycles. The Kier molecular flexibility index (Phi) is 5.19. The molecular formula is C19H22N2O4. The van der Waals surface area contributed by atoms with Crippen LogP contribution in [-0.4, -0.2) is 35.0 Å². The summed E-state index contributed by atoms with van der Waals surface area (Å²) in [4.78, 5) is 26.3. The van der Waals surface area contributed by atoms with Crippen LogP contribution in [0, 0.1) is 0 Å². The zero-order valence-corrected chi connectivity index (χ0v) is 14.1. The fraction of sp³-hybridized carbons (Fsp3) is 0.368. The first-order chi connectivity index (χ1) is 12.1. The zero-order chi connectivity index (χ0) is 17.8. The van der Waals surface area contributed by atoms with E-state index in [1.54, 1.807) is 17.0 Å².